The molecule has 264 valence electrons. The molecular weight excluding hydrogens is 658 g/mol. The summed E-state index contributed by atoms with van der Waals surface area (Å²) >= 11 is 0. The van der Waals surface area contributed by atoms with Crippen molar-refractivity contribution in [2.24, 2.45) is 17.8 Å². The number of ketones is 1. The van der Waals surface area contributed by atoms with Gasteiger partial charge in [-0.3, -0.25) is 9.59 Å². The monoisotopic (exact) mass is 697 g/mol. The van der Waals surface area contributed by atoms with E-state index in [0.29, 0.717) is 23.0 Å². The summed E-state index contributed by atoms with van der Waals surface area (Å²) < 4.78 is 20.2. The van der Waals surface area contributed by atoms with Gasteiger partial charge in [-0.25, -0.2) is 9.97 Å². The van der Waals surface area contributed by atoms with Gasteiger partial charge in [0.2, 0.25) is 17.7 Å². The van der Waals surface area contributed by atoms with E-state index in [1.165, 1.54) is 0 Å². The number of Topliss-reactive ketones (excluding diaryl/α,β-unsaturated/α-hetero) is 1. The van der Waals surface area contributed by atoms with E-state index in [0.717, 1.165) is 38.8 Å². The first-order valence-electron chi connectivity index (χ1n) is 17.8. The Kier molecular flexibility index (Phi) is 7.41. The molecule has 3 aromatic heterocycles. The van der Waals surface area contributed by atoms with E-state index in [1.54, 1.807) is 20.0 Å². The highest BCUT2D eigenvalue weighted by Crippen LogP contribution is 2.59. The van der Waals surface area contributed by atoms with Gasteiger partial charge in [-0.1, -0.05) is 76.2 Å². The predicted molar refractivity (Wildman–Crippen MR) is 193 cm³/mol. The van der Waals surface area contributed by atoms with Crippen molar-refractivity contribution in [3.05, 3.63) is 107 Å². The Morgan fingerprint density at radius 2 is 1.81 bits per heavy atom. The van der Waals surface area contributed by atoms with Gasteiger partial charge in [-0.15, -0.1) is 0 Å². The highest BCUT2D eigenvalue weighted by molar-refractivity contribution is 5.94. The number of aromatic amines is 1. The molecule has 0 aliphatic carbocycles. The smallest absolute Gasteiger partial charge is 0.249 e. The molecular formula is C41H39N5O6. The number of benzene rings is 3. The third-order valence-electron chi connectivity index (χ3n) is 10.8. The number of carbonyl (C=O) groups is 2. The quantitative estimate of drug-likeness (QED) is 0.139. The number of fused-ring (bicyclic) bond motifs is 5. The summed E-state index contributed by atoms with van der Waals surface area (Å²) in [4.78, 5) is 40.7. The van der Waals surface area contributed by atoms with Crippen LogP contribution in [0, 0.1) is 17.8 Å². The molecule has 4 bridgehead atoms. The van der Waals surface area contributed by atoms with Crippen LogP contribution in [-0.2, 0) is 21.4 Å². The number of oxazole rings is 2. The van der Waals surface area contributed by atoms with Gasteiger partial charge in [0, 0.05) is 46.3 Å². The number of ether oxygens (including phenoxy) is 1. The topological polar surface area (TPSA) is 156 Å². The van der Waals surface area contributed by atoms with Gasteiger partial charge in [-0.2, -0.15) is 0 Å². The van der Waals surface area contributed by atoms with Crippen molar-refractivity contribution in [1.82, 2.24) is 20.3 Å². The molecule has 3 aromatic carbocycles. The molecule has 6 aromatic rings. The molecule has 52 heavy (non-hydrogen) atoms. The summed E-state index contributed by atoms with van der Waals surface area (Å²) in [6, 6.07) is 21.3. The lowest BCUT2D eigenvalue weighted by atomic mass is 9.72. The maximum Gasteiger partial charge on any atom is 0.249 e. The van der Waals surface area contributed by atoms with Gasteiger partial charge in [-0.05, 0) is 47.6 Å². The Morgan fingerprint density at radius 3 is 2.63 bits per heavy atom. The largest absolute Gasteiger partial charge is 0.469 e. The molecule has 6 heterocycles. The Hall–Kier alpha value is -5.68. The van der Waals surface area contributed by atoms with Crippen LogP contribution < -0.4 is 15.4 Å². The molecule has 1 unspecified atom stereocenters. The van der Waals surface area contributed by atoms with E-state index in [-0.39, 0.29) is 48.1 Å². The number of aromatic nitrogens is 3. The van der Waals surface area contributed by atoms with Crippen LogP contribution in [0.2, 0.25) is 0 Å². The summed E-state index contributed by atoms with van der Waals surface area (Å²) in [7, 11) is 0. The van der Waals surface area contributed by atoms with Crippen molar-refractivity contribution in [2.45, 2.75) is 64.3 Å². The fourth-order valence-electron chi connectivity index (χ4n) is 8.08. The Labute approximate surface area is 299 Å². The molecule has 3 aliphatic heterocycles. The van der Waals surface area contributed by atoms with Crippen LogP contribution in [0.15, 0.2) is 88.0 Å². The molecule has 0 saturated heterocycles. The predicted octanol–water partition coefficient (Wildman–Crippen LogP) is 6.92. The number of hydrogen-bond acceptors (Lipinski definition) is 9. The molecule has 11 heteroatoms. The zero-order valence-corrected chi connectivity index (χ0v) is 29.3. The molecule has 11 nitrogen and oxygen atoms in total. The van der Waals surface area contributed by atoms with E-state index in [9.17, 15) is 14.7 Å². The Morgan fingerprint density at radius 1 is 1.00 bits per heavy atom. The summed E-state index contributed by atoms with van der Waals surface area (Å²) in [5.41, 5.74) is 4.76. The lowest BCUT2D eigenvalue weighted by molar-refractivity contribution is -0.135. The third kappa shape index (κ3) is 4.82. The van der Waals surface area contributed by atoms with Gasteiger partial charge in [0.15, 0.2) is 29.2 Å². The van der Waals surface area contributed by atoms with Gasteiger partial charge in [0.1, 0.15) is 23.3 Å². The first-order chi connectivity index (χ1) is 25.1. The van der Waals surface area contributed by atoms with E-state index in [4.69, 9.17) is 23.5 Å². The first kappa shape index (κ1) is 32.2. The minimum absolute atomic E-state index is 0.114. The normalized spacial score (nSPS) is 22.3. The summed E-state index contributed by atoms with van der Waals surface area (Å²) in [6.07, 6.45) is 2.01. The number of para-hydroxylation sites is 2. The van der Waals surface area contributed by atoms with Crippen molar-refractivity contribution in [1.29, 1.82) is 0 Å². The van der Waals surface area contributed by atoms with Crippen molar-refractivity contribution in [3.63, 3.8) is 0 Å². The zero-order chi connectivity index (χ0) is 35.9. The third-order valence-corrected chi connectivity index (χ3v) is 10.8. The number of aliphatic hydroxyl groups excluding tert-OH is 1. The summed E-state index contributed by atoms with van der Waals surface area (Å²) in [5, 5.41) is 18.4. The van der Waals surface area contributed by atoms with Gasteiger partial charge < -0.3 is 34.3 Å². The molecule has 1 spiro atoms. The molecule has 0 saturated carbocycles. The number of nitrogens with zero attached hydrogens (tertiary/aromatic N) is 2. The van der Waals surface area contributed by atoms with Gasteiger partial charge in [0.25, 0.3) is 0 Å². The lowest BCUT2D eigenvalue weighted by Gasteiger charge is -2.28. The van der Waals surface area contributed by atoms with E-state index in [1.807, 2.05) is 80.7 Å². The van der Waals surface area contributed by atoms with Crippen LogP contribution in [-0.4, -0.2) is 44.1 Å². The molecule has 5 atom stereocenters. The van der Waals surface area contributed by atoms with Crippen molar-refractivity contribution in [3.8, 4) is 28.7 Å². The number of nitrogens with one attached hydrogen (secondary N) is 3. The van der Waals surface area contributed by atoms with Gasteiger partial charge in [0.05, 0.1) is 6.20 Å². The van der Waals surface area contributed by atoms with Crippen LogP contribution in [0.3, 0.4) is 0 Å². The van der Waals surface area contributed by atoms with Crippen LogP contribution in [0.1, 0.15) is 68.5 Å². The Balaban J connectivity index is 1.26. The van der Waals surface area contributed by atoms with E-state index >= 15 is 0 Å². The van der Waals surface area contributed by atoms with Crippen LogP contribution in [0.4, 0.5) is 5.69 Å². The minimum atomic E-state index is -1.17. The highest BCUT2D eigenvalue weighted by atomic mass is 16.5. The lowest BCUT2D eigenvalue weighted by Crippen LogP contribution is -2.41. The standard InChI is InChI=1S/C41H39N5O6/c1-20(2)33-39-46-34(38-43-19-32(50-38)25-18-42-28-11-7-5-9-24(25)28)36(52-39)41-26-10-6-8-12-29(26)44-40(41)51-31-14-13-22(16-27(31)41)15-23(37(49)45-33)17-30(47)35(48)21(3)4/h5-14,16,18-21,23,33,35,40,42,44,48H,15,17H2,1-4H3,(H,45,49)/t23-,33+,35+,40+,41?/m1/s1. The van der Waals surface area contributed by atoms with Crippen LogP contribution in [0.25, 0.3) is 33.8 Å². The van der Waals surface area contributed by atoms with E-state index in [2.05, 4.69) is 21.7 Å². The zero-order valence-electron chi connectivity index (χ0n) is 29.3. The SMILES string of the molecule is CC(C)[C@H](O)C(=O)C[C@H]1Cc2ccc3c(c2)C2(c4ccccc4N[C@H]2O3)c2oc(nc2-c2ncc(-c3c[nH]c4ccccc34)o2)[C@H](C(C)C)NC1=O. The number of aliphatic hydroxyl groups is 1. The molecule has 0 fully saturated rings. The highest BCUT2D eigenvalue weighted by Gasteiger charge is 2.61. The first-order valence-corrected chi connectivity index (χ1v) is 17.8. The molecule has 4 N–H and O–H groups in total. The summed E-state index contributed by atoms with van der Waals surface area (Å²) in [6.45, 7) is 7.54. The second kappa shape index (κ2) is 11.9. The molecule has 3 aliphatic rings. The number of H-pyrrole nitrogens is 1. The van der Waals surface area contributed by atoms with Crippen LogP contribution in [0.5, 0.6) is 5.75 Å². The molecule has 1 amide bonds. The second-order valence-electron chi connectivity index (χ2n) is 14.8. The van der Waals surface area contributed by atoms with E-state index < -0.39 is 29.7 Å². The fourth-order valence-corrected chi connectivity index (χ4v) is 8.08. The average Bonchev–Trinajstić information content (AvgIpc) is 3.96. The minimum Gasteiger partial charge on any atom is -0.469 e. The van der Waals surface area contributed by atoms with Crippen LogP contribution >= 0.6 is 0 Å². The maximum atomic E-state index is 14.2. The maximum absolute atomic E-state index is 14.2. The fraction of sp³-hybridized carbons (Fsp3) is 0.317. The van der Waals surface area contributed by atoms with Crippen molar-refractivity contribution in [2.75, 3.05) is 5.32 Å². The number of rotatable bonds is 7. The number of anilines is 1. The average molecular weight is 698 g/mol. The number of carbonyl (C=O) groups excluding carboxylic acids is 2. The van der Waals surface area contributed by atoms with Crippen molar-refractivity contribution >= 4 is 28.3 Å². The summed E-state index contributed by atoms with van der Waals surface area (Å²) in [5.74, 6) is 0.413. The molecule has 9 rings (SSSR count). The number of amides is 1. The number of hydrogen-bond donors (Lipinski definition) is 4. The molecule has 0 radical (unpaired) electrons. The van der Waals surface area contributed by atoms with Crippen molar-refractivity contribution < 1.29 is 28.3 Å². The van der Waals surface area contributed by atoms with Gasteiger partial charge >= 0.3 is 0 Å². The second-order valence-corrected chi connectivity index (χ2v) is 14.8. The Bertz CT molecular complexity index is 2370.